The van der Waals surface area contributed by atoms with E-state index in [0.717, 1.165) is 18.9 Å². The highest BCUT2D eigenvalue weighted by Crippen LogP contribution is 2.40. The standard InChI is InChI=1S/C10H7F3N2OS/c11-10(12,13)16-9-4-3-8(7(5-14)15-9)17-6-1-2-6/h3-4,6H,1-2H2. The van der Waals surface area contributed by atoms with Crippen molar-refractivity contribution in [3.8, 4) is 11.9 Å². The van der Waals surface area contributed by atoms with Gasteiger partial charge in [-0.3, -0.25) is 0 Å². The zero-order valence-electron chi connectivity index (χ0n) is 8.49. The number of alkyl halides is 3. The Bertz CT molecular complexity index is 466. The molecule has 1 aliphatic carbocycles. The summed E-state index contributed by atoms with van der Waals surface area (Å²) in [5, 5.41) is 9.27. The average molecular weight is 260 g/mol. The minimum absolute atomic E-state index is 0.0244. The first-order valence-corrected chi connectivity index (χ1v) is 5.69. The molecular weight excluding hydrogens is 253 g/mol. The van der Waals surface area contributed by atoms with Crippen molar-refractivity contribution in [3.63, 3.8) is 0 Å². The number of halogens is 3. The van der Waals surface area contributed by atoms with E-state index in [1.807, 2.05) is 0 Å². The molecule has 0 N–H and O–H groups in total. The number of rotatable bonds is 3. The molecule has 0 spiro atoms. The maximum absolute atomic E-state index is 11.9. The largest absolute Gasteiger partial charge is 0.574 e. The van der Waals surface area contributed by atoms with Crippen molar-refractivity contribution in [2.24, 2.45) is 0 Å². The molecule has 7 heteroatoms. The fourth-order valence-corrected chi connectivity index (χ4v) is 2.22. The van der Waals surface area contributed by atoms with Gasteiger partial charge >= 0.3 is 6.36 Å². The van der Waals surface area contributed by atoms with Crippen molar-refractivity contribution < 1.29 is 17.9 Å². The molecule has 1 aromatic rings. The van der Waals surface area contributed by atoms with Crippen LogP contribution in [0.2, 0.25) is 0 Å². The maximum atomic E-state index is 11.9. The molecule has 3 nitrogen and oxygen atoms in total. The van der Waals surface area contributed by atoms with E-state index in [2.05, 4.69) is 9.72 Å². The van der Waals surface area contributed by atoms with Crippen molar-refractivity contribution in [1.82, 2.24) is 4.98 Å². The molecule has 2 rings (SSSR count). The van der Waals surface area contributed by atoms with Crippen molar-refractivity contribution >= 4 is 11.8 Å². The molecule has 0 saturated heterocycles. The number of hydrogen-bond acceptors (Lipinski definition) is 4. The van der Waals surface area contributed by atoms with E-state index in [9.17, 15) is 13.2 Å². The van der Waals surface area contributed by atoms with E-state index in [4.69, 9.17) is 5.26 Å². The molecule has 0 amide bonds. The van der Waals surface area contributed by atoms with Gasteiger partial charge in [-0.25, -0.2) is 4.98 Å². The second-order valence-electron chi connectivity index (χ2n) is 3.47. The van der Waals surface area contributed by atoms with Gasteiger partial charge in [0.15, 0.2) is 5.69 Å². The van der Waals surface area contributed by atoms with Gasteiger partial charge in [0, 0.05) is 16.2 Å². The highest BCUT2D eigenvalue weighted by molar-refractivity contribution is 8.00. The van der Waals surface area contributed by atoms with Crippen LogP contribution in [0.15, 0.2) is 17.0 Å². The molecule has 1 aliphatic rings. The van der Waals surface area contributed by atoms with E-state index in [0.29, 0.717) is 10.1 Å². The van der Waals surface area contributed by atoms with Crippen molar-refractivity contribution in [2.45, 2.75) is 29.3 Å². The molecule has 1 heterocycles. The number of nitrogens with zero attached hydrogens (tertiary/aromatic N) is 2. The summed E-state index contributed by atoms with van der Waals surface area (Å²) >= 11 is 1.47. The van der Waals surface area contributed by atoms with Gasteiger partial charge in [-0.05, 0) is 18.9 Å². The van der Waals surface area contributed by atoms with Crippen LogP contribution in [0.5, 0.6) is 5.88 Å². The molecule has 0 unspecified atom stereocenters. The second-order valence-corrected chi connectivity index (χ2v) is 4.82. The molecule has 0 bridgehead atoms. The lowest BCUT2D eigenvalue weighted by molar-refractivity contribution is -0.276. The molecular formula is C10H7F3N2OS. The number of pyridine rings is 1. The van der Waals surface area contributed by atoms with Crippen LogP contribution in [0, 0.1) is 11.3 Å². The lowest BCUT2D eigenvalue weighted by Crippen LogP contribution is -2.18. The summed E-state index contributed by atoms with van der Waals surface area (Å²) in [5.74, 6) is -0.603. The number of ether oxygens (including phenoxy) is 1. The van der Waals surface area contributed by atoms with Crippen LogP contribution < -0.4 is 4.74 Å². The third-order valence-corrected chi connectivity index (χ3v) is 3.36. The topological polar surface area (TPSA) is 45.9 Å². The quantitative estimate of drug-likeness (QED) is 0.837. The third-order valence-electron chi connectivity index (χ3n) is 1.98. The number of nitriles is 1. The lowest BCUT2D eigenvalue weighted by Gasteiger charge is -2.09. The molecule has 0 radical (unpaired) electrons. The Morgan fingerprint density at radius 2 is 2.12 bits per heavy atom. The summed E-state index contributed by atoms with van der Waals surface area (Å²) in [4.78, 5) is 4.13. The average Bonchev–Trinajstić information content (AvgIpc) is 3.02. The molecule has 0 aliphatic heterocycles. The second kappa shape index (κ2) is 4.45. The van der Waals surface area contributed by atoms with E-state index < -0.39 is 12.2 Å². The normalized spacial score (nSPS) is 15.4. The van der Waals surface area contributed by atoms with Crippen molar-refractivity contribution in [3.05, 3.63) is 17.8 Å². The van der Waals surface area contributed by atoms with Crippen LogP contribution >= 0.6 is 11.8 Å². The van der Waals surface area contributed by atoms with E-state index in [-0.39, 0.29) is 5.69 Å². The van der Waals surface area contributed by atoms with Gasteiger partial charge in [-0.1, -0.05) is 0 Å². The first-order chi connectivity index (χ1) is 7.98. The number of hydrogen-bond donors (Lipinski definition) is 0. The monoisotopic (exact) mass is 260 g/mol. The zero-order chi connectivity index (χ0) is 12.5. The summed E-state index contributed by atoms with van der Waals surface area (Å²) in [6.07, 6.45) is -2.66. The smallest absolute Gasteiger partial charge is 0.388 e. The summed E-state index contributed by atoms with van der Waals surface area (Å²) in [6.45, 7) is 0. The molecule has 90 valence electrons. The van der Waals surface area contributed by atoms with E-state index >= 15 is 0 Å². The van der Waals surface area contributed by atoms with E-state index in [1.165, 1.54) is 17.8 Å². The Morgan fingerprint density at radius 3 is 2.65 bits per heavy atom. The summed E-state index contributed by atoms with van der Waals surface area (Å²) in [5.41, 5.74) is -0.0244. The molecule has 0 atom stereocenters. The Kier molecular flexibility index (Phi) is 3.15. The summed E-state index contributed by atoms with van der Waals surface area (Å²) in [6, 6.07) is 4.34. The van der Waals surface area contributed by atoms with Gasteiger partial charge in [-0.15, -0.1) is 24.9 Å². The molecule has 1 fully saturated rings. The SMILES string of the molecule is N#Cc1nc(OC(F)(F)F)ccc1SC1CC1. The minimum Gasteiger partial charge on any atom is -0.388 e. The van der Waals surface area contributed by atoms with E-state index in [1.54, 1.807) is 6.07 Å². The van der Waals surface area contributed by atoms with Crippen LogP contribution in [0.4, 0.5) is 13.2 Å². The van der Waals surface area contributed by atoms with Gasteiger partial charge in [-0.2, -0.15) is 5.26 Å². The predicted molar refractivity (Wildman–Crippen MR) is 54.5 cm³/mol. The summed E-state index contributed by atoms with van der Waals surface area (Å²) in [7, 11) is 0. The highest BCUT2D eigenvalue weighted by Gasteiger charge is 2.32. The van der Waals surface area contributed by atoms with Crippen LogP contribution in [0.1, 0.15) is 18.5 Å². The fraction of sp³-hybridized carbons (Fsp3) is 0.400. The zero-order valence-corrected chi connectivity index (χ0v) is 9.31. The predicted octanol–water partition coefficient (Wildman–Crippen LogP) is 3.11. The Labute approximate surface area is 99.6 Å². The van der Waals surface area contributed by atoms with Gasteiger partial charge in [0.05, 0.1) is 0 Å². The van der Waals surface area contributed by atoms with Crippen LogP contribution in [-0.2, 0) is 0 Å². The highest BCUT2D eigenvalue weighted by atomic mass is 32.2. The molecule has 0 aromatic carbocycles. The van der Waals surface area contributed by atoms with Gasteiger partial charge in [0.1, 0.15) is 6.07 Å². The molecule has 1 saturated carbocycles. The maximum Gasteiger partial charge on any atom is 0.574 e. The van der Waals surface area contributed by atoms with Gasteiger partial charge < -0.3 is 4.74 Å². The van der Waals surface area contributed by atoms with Gasteiger partial charge in [0.25, 0.3) is 0 Å². The first-order valence-electron chi connectivity index (χ1n) is 4.81. The molecule has 1 aromatic heterocycles. The van der Waals surface area contributed by atoms with Crippen LogP contribution in [-0.4, -0.2) is 16.6 Å². The van der Waals surface area contributed by atoms with Crippen molar-refractivity contribution in [1.29, 1.82) is 5.26 Å². The number of aromatic nitrogens is 1. The Hall–Kier alpha value is -1.42. The Morgan fingerprint density at radius 1 is 1.41 bits per heavy atom. The van der Waals surface area contributed by atoms with Crippen LogP contribution in [0.3, 0.4) is 0 Å². The lowest BCUT2D eigenvalue weighted by atomic mass is 10.4. The minimum atomic E-state index is -4.79. The number of thioether (sulfide) groups is 1. The van der Waals surface area contributed by atoms with Gasteiger partial charge in [0.2, 0.25) is 5.88 Å². The fourth-order valence-electron chi connectivity index (χ4n) is 1.14. The third kappa shape index (κ3) is 3.53. The Balaban J connectivity index is 2.18. The molecule has 17 heavy (non-hydrogen) atoms. The first kappa shape index (κ1) is 12.0. The van der Waals surface area contributed by atoms with Crippen molar-refractivity contribution in [2.75, 3.05) is 0 Å². The summed E-state index contributed by atoms with van der Waals surface area (Å²) < 4.78 is 39.5. The van der Waals surface area contributed by atoms with Crippen LogP contribution in [0.25, 0.3) is 0 Å².